The van der Waals surface area contributed by atoms with E-state index in [4.69, 9.17) is 5.73 Å². The fourth-order valence-corrected chi connectivity index (χ4v) is 1.72. The van der Waals surface area contributed by atoms with Crippen LogP contribution in [0.4, 0.5) is 0 Å². The quantitative estimate of drug-likeness (QED) is 0.755. The van der Waals surface area contributed by atoms with Crippen LogP contribution < -0.4 is 5.73 Å². The number of nitrogens with two attached hydrogens (primary N) is 1. The molecule has 0 radical (unpaired) electrons. The van der Waals surface area contributed by atoms with Crippen LogP contribution in [0.2, 0.25) is 0 Å². The third-order valence-electron chi connectivity index (χ3n) is 2.58. The van der Waals surface area contributed by atoms with Crippen molar-refractivity contribution in [3.05, 3.63) is 35.4 Å². The lowest BCUT2D eigenvalue weighted by Crippen LogP contribution is -2.24. The molecule has 0 fully saturated rings. The van der Waals surface area contributed by atoms with Crippen molar-refractivity contribution in [3.8, 4) is 0 Å². The predicted molar refractivity (Wildman–Crippen MR) is 57.9 cm³/mol. The Morgan fingerprint density at radius 3 is 2.15 bits per heavy atom. The second-order valence-corrected chi connectivity index (χ2v) is 3.78. The standard InChI is InChI=1S/C12H19N/c1-4-12(10(3)13)11-7-5-9(2)6-8-11/h5-8,10,12H,4,13H2,1-3H3. The van der Waals surface area contributed by atoms with E-state index in [1.165, 1.54) is 11.1 Å². The Morgan fingerprint density at radius 2 is 1.77 bits per heavy atom. The summed E-state index contributed by atoms with van der Waals surface area (Å²) in [5.41, 5.74) is 8.59. The topological polar surface area (TPSA) is 26.0 Å². The molecule has 1 heteroatoms. The van der Waals surface area contributed by atoms with Gasteiger partial charge in [-0.05, 0) is 31.7 Å². The first-order valence-electron chi connectivity index (χ1n) is 4.97. The van der Waals surface area contributed by atoms with E-state index in [1.54, 1.807) is 0 Å². The first-order valence-corrected chi connectivity index (χ1v) is 4.97. The summed E-state index contributed by atoms with van der Waals surface area (Å²) in [7, 11) is 0. The molecule has 13 heavy (non-hydrogen) atoms. The summed E-state index contributed by atoms with van der Waals surface area (Å²) in [5.74, 6) is 0.501. The average molecular weight is 177 g/mol. The molecule has 2 unspecified atom stereocenters. The molecule has 0 aliphatic rings. The molecule has 1 rings (SSSR count). The molecule has 0 heterocycles. The number of hydrogen-bond acceptors (Lipinski definition) is 1. The summed E-state index contributed by atoms with van der Waals surface area (Å²) in [6.07, 6.45) is 1.11. The molecule has 2 N–H and O–H groups in total. The van der Waals surface area contributed by atoms with Gasteiger partial charge in [-0.2, -0.15) is 0 Å². The van der Waals surface area contributed by atoms with Gasteiger partial charge < -0.3 is 5.73 Å². The van der Waals surface area contributed by atoms with Gasteiger partial charge in [0.2, 0.25) is 0 Å². The van der Waals surface area contributed by atoms with Crippen molar-refractivity contribution < 1.29 is 0 Å². The fraction of sp³-hybridized carbons (Fsp3) is 0.500. The summed E-state index contributed by atoms with van der Waals surface area (Å²) in [6.45, 7) is 6.37. The van der Waals surface area contributed by atoms with Crippen LogP contribution in [0, 0.1) is 6.92 Å². The Bertz CT molecular complexity index is 248. The Kier molecular flexibility index (Phi) is 3.49. The highest BCUT2D eigenvalue weighted by molar-refractivity contribution is 5.25. The predicted octanol–water partition coefficient (Wildman–Crippen LogP) is 2.84. The van der Waals surface area contributed by atoms with Crippen LogP contribution >= 0.6 is 0 Å². The lowest BCUT2D eigenvalue weighted by molar-refractivity contribution is 0.552. The maximum absolute atomic E-state index is 5.92. The first-order chi connectivity index (χ1) is 6.15. The molecule has 0 saturated heterocycles. The second kappa shape index (κ2) is 4.43. The van der Waals surface area contributed by atoms with E-state index in [1.807, 2.05) is 0 Å². The van der Waals surface area contributed by atoms with Gasteiger partial charge in [0.1, 0.15) is 0 Å². The van der Waals surface area contributed by atoms with E-state index in [0.717, 1.165) is 6.42 Å². The lowest BCUT2D eigenvalue weighted by Gasteiger charge is -2.19. The van der Waals surface area contributed by atoms with Crippen molar-refractivity contribution in [3.63, 3.8) is 0 Å². The van der Waals surface area contributed by atoms with Gasteiger partial charge in [0.25, 0.3) is 0 Å². The molecule has 0 bridgehead atoms. The molecular weight excluding hydrogens is 158 g/mol. The number of rotatable bonds is 3. The van der Waals surface area contributed by atoms with Crippen LogP contribution in [0.5, 0.6) is 0 Å². The Balaban J connectivity index is 2.86. The third kappa shape index (κ3) is 2.56. The smallest absolute Gasteiger partial charge is 0.00792 e. The minimum Gasteiger partial charge on any atom is -0.327 e. The molecular formula is C12H19N. The van der Waals surface area contributed by atoms with Gasteiger partial charge in [-0.1, -0.05) is 36.8 Å². The maximum atomic E-state index is 5.92. The van der Waals surface area contributed by atoms with Crippen LogP contribution in [-0.2, 0) is 0 Å². The molecule has 72 valence electrons. The summed E-state index contributed by atoms with van der Waals surface area (Å²) in [6, 6.07) is 8.92. The highest BCUT2D eigenvalue weighted by Gasteiger charge is 2.12. The fourth-order valence-electron chi connectivity index (χ4n) is 1.72. The third-order valence-corrected chi connectivity index (χ3v) is 2.58. The van der Waals surface area contributed by atoms with Gasteiger partial charge in [-0.15, -0.1) is 0 Å². The van der Waals surface area contributed by atoms with Crippen LogP contribution in [0.15, 0.2) is 24.3 Å². The molecule has 0 spiro atoms. The van der Waals surface area contributed by atoms with E-state index >= 15 is 0 Å². The molecule has 2 atom stereocenters. The zero-order chi connectivity index (χ0) is 9.84. The van der Waals surface area contributed by atoms with E-state index in [9.17, 15) is 0 Å². The molecule has 1 aromatic rings. The molecule has 1 nitrogen and oxygen atoms in total. The van der Waals surface area contributed by atoms with E-state index in [-0.39, 0.29) is 6.04 Å². The van der Waals surface area contributed by atoms with Crippen molar-refractivity contribution in [1.82, 2.24) is 0 Å². The lowest BCUT2D eigenvalue weighted by atomic mass is 9.90. The molecule has 0 saturated carbocycles. The molecule has 0 aliphatic carbocycles. The van der Waals surface area contributed by atoms with Crippen LogP contribution in [0.3, 0.4) is 0 Å². The first kappa shape index (κ1) is 10.3. The van der Waals surface area contributed by atoms with E-state index in [0.29, 0.717) is 5.92 Å². The van der Waals surface area contributed by atoms with Gasteiger partial charge in [0.15, 0.2) is 0 Å². The van der Waals surface area contributed by atoms with Gasteiger partial charge in [0.05, 0.1) is 0 Å². The van der Waals surface area contributed by atoms with Crippen molar-refractivity contribution >= 4 is 0 Å². The minimum absolute atomic E-state index is 0.243. The van der Waals surface area contributed by atoms with Crippen LogP contribution in [-0.4, -0.2) is 6.04 Å². The van der Waals surface area contributed by atoms with Gasteiger partial charge in [0, 0.05) is 6.04 Å². The molecule has 1 aromatic carbocycles. The van der Waals surface area contributed by atoms with Crippen molar-refractivity contribution in [2.75, 3.05) is 0 Å². The highest BCUT2D eigenvalue weighted by atomic mass is 14.6. The SMILES string of the molecule is CCC(c1ccc(C)cc1)C(C)N. The molecule has 0 aliphatic heterocycles. The highest BCUT2D eigenvalue weighted by Crippen LogP contribution is 2.22. The van der Waals surface area contributed by atoms with Gasteiger partial charge in [-0.3, -0.25) is 0 Å². The minimum atomic E-state index is 0.243. The van der Waals surface area contributed by atoms with Gasteiger partial charge in [-0.25, -0.2) is 0 Å². The normalized spacial score (nSPS) is 15.4. The van der Waals surface area contributed by atoms with Crippen molar-refractivity contribution in [1.29, 1.82) is 0 Å². The zero-order valence-corrected chi connectivity index (χ0v) is 8.75. The number of aryl methyl sites for hydroxylation is 1. The van der Waals surface area contributed by atoms with Crippen molar-refractivity contribution in [2.24, 2.45) is 5.73 Å². The zero-order valence-electron chi connectivity index (χ0n) is 8.75. The van der Waals surface area contributed by atoms with Crippen LogP contribution in [0.25, 0.3) is 0 Å². The Hall–Kier alpha value is -0.820. The van der Waals surface area contributed by atoms with Crippen LogP contribution in [0.1, 0.15) is 37.3 Å². The monoisotopic (exact) mass is 177 g/mol. The number of benzene rings is 1. The average Bonchev–Trinajstić information content (AvgIpc) is 2.09. The Morgan fingerprint density at radius 1 is 1.23 bits per heavy atom. The summed E-state index contributed by atoms with van der Waals surface area (Å²) < 4.78 is 0. The largest absolute Gasteiger partial charge is 0.327 e. The summed E-state index contributed by atoms with van der Waals surface area (Å²) in [5, 5.41) is 0. The maximum Gasteiger partial charge on any atom is 0.00792 e. The van der Waals surface area contributed by atoms with Gasteiger partial charge >= 0.3 is 0 Å². The summed E-state index contributed by atoms with van der Waals surface area (Å²) in [4.78, 5) is 0. The summed E-state index contributed by atoms with van der Waals surface area (Å²) >= 11 is 0. The second-order valence-electron chi connectivity index (χ2n) is 3.78. The van der Waals surface area contributed by atoms with Crippen molar-refractivity contribution in [2.45, 2.75) is 39.2 Å². The van der Waals surface area contributed by atoms with E-state index < -0.39 is 0 Å². The number of hydrogen-bond donors (Lipinski definition) is 1. The molecule has 0 amide bonds. The van der Waals surface area contributed by atoms with E-state index in [2.05, 4.69) is 45.0 Å². The molecule has 0 aromatic heterocycles. The Labute approximate surface area is 81.0 Å².